The van der Waals surface area contributed by atoms with Crippen LogP contribution in [-0.4, -0.2) is 13.0 Å². The summed E-state index contributed by atoms with van der Waals surface area (Å²) in [7, 11) is 0.835. The minimum atomic E-state index is -5.17. The standard InChI is InChI=1S/C10H7F6NO2/c1-19-6-3-4(9(11,12)13)2-5(10(14,15)16)7(6)8(17)18/h2-3H,1H3,(H2,17,18). The molecule has 0 aliphatic rings. The lowest BCUT2D eigenvalue weighted by Gasteiger charge is -2.17. The number of carbonyl (C=O) groups excluding carboxylic acids is 1. The summed E-state index contributed by atoms with van der Waals surface area (Å²) < 4.78 is 79.8. The Morgan fingerprint density at radius 3 is 1.95 bits per heavy atom. The molecule has 0 bridgehead atoms. The van der Waals surface area contributed by atoms with Gasteiger partial charge in [-0.15, -0.1) is 0 Å². The SMILES string of the molecule is COc1cc(C(F)(F)F)cc(C(F)(F)F)c1C(N)=O. The zero-order valence-electron chi connectivity index (χ0n) is 9.32. The fourth-order valence-electron chi connectivity index (χ4n) is 1.42. The lowest BCUT2D eigenvalue weighted by molar-refractivity contribution is -0.143. The molecule has 1 rings (SSSR count). The van der Waals surface area contributed by atoms with Crippen LogP contribution in [0.3, 0.4) is 0 Å². The van der Waals surface area contributed by atoms with Crippen LogP contribution in [0.25, 0.3) is 0 Å². The van der Waals surface area contributed by atoms with Crippen LogP contribution in [0.5, 0.6) is 5.75 Å². The minimum absolute atomic E-state index is 0.178. The van der Waals surface area contributed by atoms with E-state index in [4.69, 9.17) is 5.73 Å². The number of rotatable bonds is 2. The number of nitrogens with two attached hydrogens (primary N) is 1. The van der Waals surface area contributed by atoms with Crippen molar-refractivity contribution >= 4 is 5.91 Å². The summed E-state index contributed by atoms with van der Waals surface area (Å²) in [4.78, 5) is 11.0. The van der Waals surface area contributed by atoms with Crippen molar-refractivity contribution < 1.29 is 35.9 Å². The molecule has 3 nitrogen and oxygen atoms in total. The molecule has 2 N–H and O–H groups in total. The molecule has 106 valence electrons. The lowest BCUT2D eigenvalue weighted by atomic mass is 10.0. The molecule has 0 atom stereocenters. The maximum atomic E-state index is 12.7. The monoisotopic (exact) mass is 287 g/mol. The van der Waals surface area contributed by atoms with E-state index in [9.17, 15) is 31.1 Å². The fourth-order valence-corrected chi connectivity index (χ4v) is 1.42. The molecule has 0 aliphatic heterocycles. The summed E-state index contributed by atoms with van der Waals surface area (Å²) in [6.45, 7) is 0. The Kier molecular flexibility index (Phi) is 3.69. The highest BCUT2D eigenvalue weighted by Crippen LogP contribution is 2.41. The number of carbonyl (C=O) groups is 1. The van der Waals surface area contributed by atoms with Crippen molar-refractivity contribution in [1.82, 2.24) is 0 Å². The topological polar surface area (TPSA) is 52.3 Å². The smallest absolute Gasteiger partial charge is 0.417 e. The van der Waals surface area contributed by atoms with E-state index in [-0.39, 0.29) is 12.1 Å². The summed E-state index contributed by atoms with van der Waals surface area (Å²) in [5.41, 5.74) is 0.243. The number of halogens is 6. The van der Waals surface area contributed by atoms with Crippen LogP contribution in [0.2, 0.25) is 0 Å². The number of methoxy groups -OCH3 is 1. The van der Waals surface area contributed by atoms with Gasteiger partial charge in [0.25, 0.3) is 5.91 Å². The third-order valence-corrected chi connectivity index (χ3v) is 2.20. The highest BCUT2D eigenvalue weighted by molar-refractivity contribution is 5.97. The second-order valence-corrected chi connectivity index (χ2v) is 3.46. The predicted octanol–water partition coefficient (Wildman–Crippen LogP) is 2.83. The molecule has 9 heteroatoms. The van der Waals surface area contributed by atoms with E-state index >= 15 is 0 Å². The van der Waals surface area contributed by atoms with Crippen molar-refractivity contribution in [3.63, 3.8) is 0 Å². The Morgan fingerprint density at radius 1 is 1.11 bits per heavy atom. The van der Waals surface area contributed by atoms with Gasteiger partial charge < -0.3 is 10.5 Å². The van der Waals surface area contributed by atoms with Crippen molar-refractivity contribution in [1.29, 1.82) is 0 Å². The molecule has 1 aromatic carbocycles. The Bertz CT molecular complexity index is 506. The number of hydrogen-bond acceptors (Lipinski definition) is 2. The first-order valence-corrected chi connectivity index (χ1v) is 4.64. The van der Waals surface area contributed by atoms with Crippen molar-refractivity contribution in [2.24, 2.45) is 5.73 Å². The van der Waals surface area contributed by atoms with Gasteiger partial charge in [0.15, 0.2) is 0 Å². The van der Waals surface area contributed by atoms with Crippen molar-refractivity contribution in [2.45, 2.75) is 12.4 Å². The van der Waals surface area contributed by atoms with Crippen LogP contribution in [0.1, 0.15) is 21.5 Å². The number of alkyl halides is 6. The van der Waals surface area contributed by atoms with E-state index in [1.807, 2.05) is 0 Å². The molecule has 0 aromatic heterocycles. The normalized spacial score (nSPS) is 12.4. The van der Waals surface area contributed by atoms with Gasteiger partial charge >= 0.3 is 12.4 Å². The van der Waals surface area contributed by atoms with Gasteiger partial charge in [0, 0.05) is 0 Å². The van der Waals surface area contributed by atoms with Crippen LogP contribution in [0.15, 0.2) is 12.1 Å². The average Bonchev–Trinajstić information content (AvgIpc) is 2.24. The molecule has 0 unspecified atom stereocenters. The van der Waals surface area contributed by atoms with E-state index in [1.165, 1.54) is 0 Å². The number of primary amides is 1. The van der Waals surface area contributed by atoms with Gasteiger partial charge in [-0.2, -0.15) is 26.3 Å². The summed E-state index contributed by atoms with van der Waals surface area (Å²) in [6, 6.07) is 0.109. The average molecular weight is 287 g/mol. The second kappa shape index (κ2) is 4.63. The Hall–Kier alpha value is -1.93. The maximum absolute atomic E-state index is 12.7. The van der Waals surface area contributed by atoms with Crippen LogP contribution < -0.4 is 10.5 Å². The summed E-state index contributed by atoms with van der Waals surface area (Å²) in [5.74, 6) is -2.41. The molecule has 1 amide bonds. The predicted molar refractivity (Wildman–Crippen MR) is 51.5 cm³/mol. The molecular formula is C10H7F6NO2. The van der Waals surface area contributed by atoms with Crippen LogP contribution in [0, 0.1) is 0 Å². The van der Waals surface area contributed by atoms with Crippen molar-refractivity contribution in [2.75, 3.05) is 7.11 Å². The number of amides is 1. The molecule has 0 aliphatic carbocycles. The van der Waals surface area contributed by atoms with Crippen LogP contribution in [-0.2, 0) is 12.4 Å². The lowest BCUT2D eigenvalue weighted by Crippen LogP contribution is -2.21. The highest BCUT2D eigenvalue weighted by atomic mass is 19.4. The second-order valence-electron chi connectivity index (χ2n) is 3.46. The van der Waals surface area contributed by atoms with Gasteiger partial charge in [0.2, 0.25) is 0 Å². The first-order valence-electron chi connectivity index (χ1n) is 4.64. The van der Waals surface area contributed by atoms with Crippen LogP contribution in [0.4, 0.5) is 26.3 Å². The molecule has 0 heterocycles. The summed E-state index contributed by atoms with van der Waals surface area (Å²) in [6.07, 6.45) is -10.2. The molecule has 1 aromatic rings. The molecule has 0 spiro atoms. The van der Waals surface area contributed by atoms with E-state index in [1.54, 1.807) is 0 Å². The number of ether oxygens (including phenoxy) is 1. The molecule has 0 fully saturated rings. The minimum Gasteiger partial charge on any atom is -0.496 e. The zero-order chi connectivity index (χ0) is 15.0. The van der Waals surface area contributed by atoms with Gasteiger partial charge in [-0.25, -0.2) is 0 Å². The first-order chi connectivity index (χ1) is 8.48. The summed E-state index contributed by atoms with van der Waals surface area (Å²) >= 11 is 0. The highest BCUT2D eigenvalue weighted by Gasteiger charge is 2.41. The van der Waals surface area contributed by atoms with E-state index < -0.39 is 40.7 Å². The van der Waals surface area contributed by atoms with Crippen LogP contribution >= 0.6 is 0 Å². The van der Waals surface area contributed by atoms with Gasteiger partial charge in [-0.3, -0.25) is 4.79 Å². The Morgan fingerprint density at radius 2 is 1.63 bits per heavy atom. The first kappa shape index (κ1) is 15.1. The summed E-state index contributed by atoms with van der Waals surface area (Å²) in [5, 5.41) is 0. The molecule has 0 saturated carbocycles. The largest absolute Gasteiger partial charge is 0.496 e. The van der Waals surface area contributed by atoms with Gasteiger partial charge in [0.05, 0.1) is 23.8 Å². The van der Waals surface area contributed by atoms with Crippen molar-refractivity contribution in [3.8, 4) is 5.75 Å². The molecule has 0 radical (unpaired) electrons. The molecule has 19 heavy (non-hydrogen) atoms. The quantitative estimate of drug-likeness (QED) is 0.850. The molecule has 0 saturated heterocycles. The van der Waals surface area contributed by atoms with E-state index in [0.717, 1.165) is 7.11 Å². The van der Waals surface area contributed by atoms with E-state index in [2.05, 4.69) is 4.74 Å². The third-order valence-electron chi connectivity index (χ3n) is 2.20. The molecular weight excluding hydrogens is 280 g/mol. The van der Waals surface area contributed by atoms with E-state index in [0.29, 0.717) is 0 Å². The Balaban J connectivity index is 3.70. The zero-order valence-corrected chi connectivity index (χ0v) is 9.32. The third kappa shape index (κ3) is 3.09. The van der Waals surface area contributed by atoms with Gasteiger partial charge in [0.1, 0.15) is 5.75 Å². The van der Waals surface area contributed by atoms with Gasteiger partial charge in [-0.05, 0) is 12.1 Å². The Labute approximate surface area is 102 Å². The fraction of sp³-hybridized carbons (Fsp3) is 0.300. The van der Waals surface area contributed by atoms with Gasteiger partial charge in [-0.1, -0.05) is 0 Å². The van der Waals surface area contributed by atoms with Crippen molar-refractivity contribution in [3.05, 3.63) is 28.8 Å². The number of hydrogen-bond donors (Lipinski definition) is 1. The maximum Gasteiger partial charge on any atom is 0.417 e. The number of benzene rings is 1.